The fraction of sp³-hybridized carbons (Fsp3) is 0.0877. The van der Waals surface area contributed by atoms with E-state index in [1.54, 1.807) is 0 Å². The Balaban J connectivity index is 1.33. The molecule has 59 heavy (non-hydrogen) atoms. The lowest BCUT2D eigenvalue weighted by molar-refractivity contribution is 0.642. The zero-order chi connectivity index (χ0) is 39.9. The third kappa shape index (κ3) is 6.03. The van der Waals surface area contributed by atoms with Crippen molar-refractivity contribution < 1.29 is 4.42 Å². The van der Waals surface area contributed by atoms with E-state index in [9.17, 15) is 0 Å². The van der Waals surface area contributed by atoms with Crippen LogP contribution >= 0.6 is 0 Å². The van der Waals surface area contributed by atoms with Crippen LogP contribution in [0.15, 0.2) is 229 Å². The summed E-state index contributed by atoms with van der Waals surface area (Å²) >= 11 is 0. The molecule has 1 aromatic heterocycles. The van der Waals surface area contributed by atoms with Gasteiger partial charge in [-0.2, -0.15) is 0 Å². The number of para-hydroxylation sites is 1. The van der Waals surface area contributed by atoms with Crippen molar-refractivity contribution in [2.45, 2.75) is 25.7 Å². The van der Waals surface area contributed by atoms with Crippen LogP contribution in [0.5, 0.6) is 0 Å². The van der Waals surface area contributed by atoms with E-state index in [-0.39, 0.29) is 0 Å². The molecular formula is C57H45NO. The van der Waals surface area contributed by atoms with Gasteiger partial charge in [-0.1, -0.05) is 177 Å². The van der Waals surface area contributed by atoms with Crippen LogP contribution in [0.2, 0.25) is 0 Å². The fourth-order valence-corrected chi connectivity index (χ4v) is 9.39. The molecule has 0 N–H and O–H groups in total. The summed E-state index contributed by atoms with van der Waals surface area (Å²) in [5.74, 6) is 0.443. The molecule has 2 aliphatic rings. The van der Waals surface area contributed by atoms with Gasteiger partial charge in [0.25, 0.3) is 0 Å². The summed E-state index contributed by atoms with van der Waals surface area (Å²) in [5.41, 5.74) is 16.1. The largest absolute Gasteiger partial charge is 0.456 e. The monoisotopic (exact) mass is 759 g/mol. The van der Waals surface area contributed by atoms with Crippen LogP contribution in [0.1, 0.15) is 42.5 Å². The highest BCUT2D eigenvalue weighted by Crippen LogP contribution is 2.61. The highest BCUT2D eigenvalue weighted by Gasteiger charge is 2.50. The Hall–Kier alpha value is -7.16. The van der Waals surface area contributed by atoms with Crippen molar-refractivity contribution in [1.82, 2.24) is 0 Å². The van der Waals surface area contributed by atoms with Crippen LogP contribution in [0.25, 0.3) is 49.8 Å². The van der Waals surface area contributed by atoms with Crippen LogP contribution in [-0.4, -0.2) is 0 Å². The molecule has 1 heterocycles. The van der Waals surface area contributed by atoms with Gasteiger partial charge in [0.2, 0.25) is 0 Å². The van der Waals surface area contributed by atoms with Gasteiger partial charge in [-0.05, 0) is 112 Å². The summed E-state index contributed by atoms with van der Waals surface area (Å²) in [4.78, 5) is 2.39. The first-order chi connectivity index (χ1) is 29.1. The standard InChI is InChI=1S/C57H45NO/c1-4-45(34-29-40(3)41-17-7-5-8-18-41)58(46-35-30-43(31-36-46)42-19-9-6-10-20-42)53-38-37-50-49-23-13-16-26-54(49)59-56(50)55(53)57(44-32-27-39(2)28-33-44)51-24-14-11-21-47(51)48-22-12-15-25-52(48)57/h4-27,29-39H,1,28H2,2-3H3/b40-29+,45-34+. The number of fused-ring (bicyclic) bond motifs is 6. The summed E-state index contributed by atoms with van der Waals surface area (Å²) in [7, 11) is 0. The maximum absolute atomic E-state index is 7.20. The lowest BCUT2D eigenvalue weighted by Gasteiger charge is -2.39. The average molecular weight is 760 g/mol. The fourth-order valence-electron chi connectivity index (χ4n) is 9.39. The molecular weight excluding hydrogens is 715 g/mol. The highest BCUT2D eigenvalue weighted by atomic mass is 16.3. The van der Waals surface area contributed by atoms with Crippen LogP contribution in [0.4, 0.5) is 11.4 Å². The van der Waals surface area contributed by atoms with E-state index in [0.29, 0.717) is 5.92 Å². The first-order valence-electron chi connectivity index (χ1n) is 20.6. The van der Waals surface area contributed by atoms with Gasteiger partial charge < -0.3 is 9.32 Å². The zero-order valence-electron chi connectivity index (χ0n) is 33.5. The molecule has 0 amide bonds. The molecule has 0 fully saturated rings. The van der Waals surface area contributed by atoms with E-state index in [1.807, 2.05) is 6.08 Å². The van der Waals surface area contributed by atoms with Gasteiger partial charge >= 0.3 is 0 Å². The minimum atomic E-state index is -0.711. The van der Waals surface area contributed by atoms with E-state index in [4.69, 9.17) is 4.42 Å². The molecule has 284 valence electrons. The van der Waals surface area contributed by atoms with E-state index in [1.165, 1.54) is 44.5 Å². The van der Waals surface area contributed by atoms with Crippen LogP contribution < -0.4 is 4.90 Å². The normalized spacial score (nSPS) is 15.8. The molecule has 0 bridgehead atoms. The molecule has 0 radical (unpaired) electrons. The number of hydrogen-bond acceptors (Lipinski definition) is 2. The Labute approximate surface area is 347 Å². The number of furan rings is 1. The Bertz CT molecular complexity index is 2950. The van der Waals surface area contributed by atoms with Crippen molar-refractivity contribution in [3.63, 3.8) is 0 Å². The van der Waals surface area contributed by atoms with Crippen molar-refractivity contribution in [2.24, 2.45) is 5.92 Å². The van der Waals surface area contributed by atoms with E-state index < -0.39 is 5.41 Å². The molecule has 1 unspecified atom stereocenters. The van der Waals surface area contributed by atoms with Crippen molar-refractivity contribution in [3.8, 4) is 22.3 Å². The van der Waals surface area contributed by atoms with Gasteiger partial charge in [0.1, 0.15) is 11.2 Å². The average Bonchev–Trinajstić information content (AvgIpc) is 3.82. The number of benzene rings is 7. The lowest BCUT2D eigenvalue weighted by Crippen LogP contribution is -2.32. The minimum Gasteiger partial charge on any atom is -0.456 e. The third-order valence-corrected chi connectivity index (χ3v) is 12.3. The molecule has 0 saturated heterocycles. The maximum Gasteiger partial charge on any atom is 0.142 e. The smallest absolute Gasteiger partial charge is 0.142 e. The number of rotatable bonds is 9. The van der Waals surface area contributed by atoms with Gasteiger partial charge in [-0.25, -0.2) is 0 Å². The molecule has 8 aromatic rings. The number of anilines is 2. The van der Waals surface area contributed by atoms with E-state index in [0.717, 1.165) is 56.6 Å². The van der Waals surface area contributed by atoms with Crippen LogP contribution in [0.3, 0.4) is 0 Å². The molecule has 2 heteroatoms. The SMILES string of the molecule is C=C/C(=C\C=C(/C)c1ccccc1)N(c1ccc(-c2ccccc2)cc1)c1ccc2c(oc3ccccc32)c1C1(C2=CCC(C)C=C2)c2ccccc2-c2ccccc21. The Morgan fingerprint density at radius 3 is 1.97 bits per heavy atom. The van der Waals surface area contributed by atoms with Gasteiger partial charge in [-0.3, -0.25) is 0 Å². The van der Waals surface area contributed by atoms with Crippen molar-refractivity contribution in [2.75, 3.05) is 4.90 Å². The summed E-state index contributed by atoms with van der Waals surface area (Å²) in [6, 6.07) is 61.1. The highest BCUT2D eigenvalue weighted by molar-refractivity contribution is 6.09. The second kappa shape index (κ2) is 15.0. The molecule has 0 aliphatic heterocycles. The Morgan fingerprint density at radius 1 is 0.661 bits per heavy atom. The third-order valence-electron chi connectivity index (χ3n) is 12.3. The lowest BCUT2D eigenvalue weighted by atomic mass is 9.64. The zero-order valence-corrected chi connectivity index (χ0v) is 33.5. The summed E-state index contributed by atoms with van der Waals surface area (Å²) < 4.78 is 7.20. The first kappa shape index (κ1) is 36.2. The van der Waals surface area contributed by atoms with Crippen LogP contribution in [0, 0.1) is 5.92 Å². The molecule has 0 spiro atoms. The van der Waals surface area contributed by atoms with Gasteiger partial charge in [0, 0.05) is 27.7 Å². The second-order valence-corrected chi connectivity index (χ2v) is 15.8. The molecule has 7 aromatic carbocycles. The topological polar surface area (TPSA) is 16.4 Å². The Kier molecular flexibility index (Phi) is 9.19. The van der Waals surface area contributed by atoms with Crippen molar-refractivity contribution >= 4 is 38.9 Å². The summed E-state index contributed by atoms with van der Waals surface area (Å²) in [5, 5.41) is 2.20. The minimum absolute atomic E-state index is 0.443. The number of nitrogens with zero attached hydrogens (tertiary/aromatic N) is 1. The summed E-state index contributed by atoms with van der Waals surface area (Å²) in [6.07, 6.45) is 14.6. The van der Waals surface area contributed by atoms with Crippen molar-refractivity contribution in [3.05, 3.63) is 246 Å². The molecule has 2 nitrogen and oxygen atoms in total. The number of allylic oxidation sites excluding steroid dienone is 8. The quantitative estimate of drug-likeness (QED) is 0.136. The van der Waals surface area contributed by atoms with Crippen molar-refractivity contribution in [1.29, 1.82) is 0 Å². The molecule has 10 rings (SSSR count). The first-order valence-corrected chi connectivity index (χ1v) is 20.6. The second-order valence-electron chi connectivity index (χ2n) is 15.8. The Morgan fingerprint density at radius 2 is 1.29 bits per heavy atom. The van der Waals surface area contributed by atoms with Gasteiger partial charge in [-0.15, -0.1) is 0 Å². The predicted octanol–water partition coefficient (Wildman–Crippen LogP) is 15.4. The van der Waals surface area contributed by atoms with Crippen LogP contribution in [-0.2, 0) is 5.41 Å². The van der Waals surface area contributed by atoms with Gasteiger partial charge in [0.05, 0.1) is 11.1 Å². The van der Waals surface area contributed by atoms with Gasteiger partial charge in [0.15, 0.2) is 0 Å². The summed E-state index contributed by atoms with van der Waals surface area (Å²) in [6.45, 7) is 8.94. The van der Waals surface area contributed by atoms with E-state index >= 15 is 0 Å². The molecule has 2 aliphatic carbocycles. The maximum atomic E-state index is 7.20. The molecule has 0 saturated carbocycles. The van der Waals surface area contributed by atoms with E-state index in [2.05, 4.69) is 226 Å². The number of hydrogen-bond donors (Lipinski definition) is 0. The predicted molar refractivity (Wildman–Crippen MR) is 249 cm³/mol. The molecule has 1 atom stereocenters.